The van der Waals surface area contributed by atoms with Gasteiger partial charge in [-0.25, -0.2) is 9.97 Å². The van der Waals surface area contributed by atoms with Gasteiger partial charge in [-0.15, -0.1) is 23.1 Å². The Morgan fingerprint density at radius 1 is 1.38 bits per heavy atom. The molecule has 7 heteroatoms. The number of thioether (sulfide) groups is 1. The molecule has 1 fully saturated rings. The van der Waals surface area contributed by atoms with Crippen LogP contribution in [0.5, 0.6) is 0 Å². The summed E-state index contributed by atoms with van der Waals surface area (Å²) in [6, 6.07) is 2.19. The zero-order valence-electron chi connectivity index (χ0n) is 15.4. The molecule has 4 rings (SSSR count). The number of rotatable bonds is 6. The lowest BCUT2D eigenvalue weighted by molar-refractivity contribution is -0.382. The summed E-state index contributed by atoms with van der Waals surface area (Å²) >= 11 is 3.43. The van der Waals surface area contributed by atoms with Crippen LogP contribution in [-0.4, -0.2) is 29.4 Å². The molecule has 0 atom stereocenters. The van der Waals surface area contributed by atoms with Gasteiger partial charge in [0.25, 0.3) is 6.33 Å². The summed E-state index contributed by atoms with van der Waals surface area (Å²) in [6.45, 7) is 4.72. The maximum atomic E-state index is 6.47. The van der Waals surface area contributed by atoms with Crippen LogP contribution in [0.3, 0.4) is 0 Å². The van der Waals surface area contributed by atoms with Crippen LogP contribution in [0.1, 0.15) is 38.2 Å². The number of anilines is 1. The number of H-pyrrole nitrogens is 1. The van der Waals surface area contributed by atoms with Crippen LogP contribution < -0.4 is 10.7 Å². The summed E-state index contributed by atoms with van der Waals surface area (Å²) < 4.78 is 6.29. The van der Waals surface area contributed by atoms with Gasteiger partial charge in [-0.1, -0.05) is 18.8 Å². The maximum absolute atomic E-state index is 6.47. The van der Waals surface area contributed by atoms with E-state index < -0.39 is 0 Å². The highest BCUT2D eigenvalue weighted by molar-refractivity contribution is 8.01. The fraction of sp³-hybridized carbons (Fsp3) is 0.421. The van der Waals surface area contributed by atoms with E-state index in [1.165, 1.54) is 18.4 Å². The number of nitrogens with two attached hydrogens (primary N) is 1. The number of methoxy groups -OCH3 is 1. The van der Waals surface area contributed by atoms with Crippen molar-refractivity contribution in [1.29, 1.82) is 0 Å². The van der Waals surface area contributed by atoms with Crippen LogP contribution >= 0.6 is 23.1 Å². The fourth-order valence-corrected chi connectivity index (χ4v) is 5.06. The van der Waals surface area contributed by atoms with Crippen molar-refractivity contribution in [1.82, 2.24) is 9.97 Å². The van der Waals surface area contributed by atoms with Gasteiger partial charge in [0.2, 0.25) is 0 Å². The van der Waals surface area contributed by atoms with E-state index in [-0.39, 0.29) is 0 Å². The maximum Gasteiger partial charge on any atom is 0.283 e. The number of fused-ring (bicyclic) bond motifs is 1. The van der Waals surface area contributed by atoms with Crippen molar-refractivity contribution in [2.45, 2.75) is 36.8 Å². The molecule has 3 aromatic heterocycles. The van der Waals surface area contributed by atoms with E-state index in [2.05, 4.69) is 16.0 Å². The Kier molecular flexibility index (Phi) is 6.45. The summed E-state index contributed by atoms with van der Waals surface area (Å²) in [6.07, 6.45) is 7.91. The first-order chi connectivity index (χ1) is 12.8. The van der Waals surface area contributed by atoms with Crippen LogP contribution in [0.15, 0.2) is 29.0 Å². The Hall–Kier alpha value is -1.70. The van der Waals surface area contributed by atoms with E-state index in [1.807, 2.05) is 26.2 Å². The first-order valence-corrected chi connectivity index (χ1v) is 10.7. The standard InChI is InChI=1S/C17H18N4OS2.C2H6/c1-22-4-5-23-17-15(18)14-12(10-2-3-10)6-13(21-16(14)24-17)11-7-19-9-20-8-11;1-2/h6-10H,2-5,18H2,1H3;1-2H3/p+1. The highest BCUT2D eigenvalue weighted by Gasteiger charge is 2.29. The largest absolute Gasteiger partial charge is 0.397 e. The average molecular weight is 390 g/mol. The Bertz CT molecular complexity index is 863. The first kappa shape index (κ1) is 19.1. The number of pyridine rings is 1. The van der Waals surface area contributed by atoms with Crippen LogP contribution in [0, 0.1) is 0 Å². The SMILES string of the molecule is CC.COCCSc1sc2nc(-c3cnc[nH+]c3)cc(C3CC3)c2c1N. The van der Waals surface area contributed by atoms with Crippen molar-refractivity contribution in [2.24, 2.45) is 0 Å². The van der Waals surface area contributed by atoms with E-state index in [4.69, 9.17) is 15.5 Å². The van der Waals surface area contributed by atoms with E-state index in [9.17, 15) is 0 Å². The molecule has 138 valence electrons. The molecule has 3 aromatic rings. The van der Waals surface area contributed by atoms with E-state index in [0.717, 1.165) is 43.7 Å². The lowest BCUT2D eigenvalue weighted by Gasteiger charge is -2.06. The number of nitrogen functional groups attached to an aromatic ring is 1. The summed E-state index contributed by atoms with van der Waals surface area (Å²) in [5.74, 6) is 1.51. The molecule has 0 radical (unpaired) electrons. The zero-order chi connectivity index (χ0) is 18.5. The summed E-state index contributed by atoms with van der Waals surface area (Å²) in [4.78, 5) is 13.1. The predicted molar refractivity (Wildman–Crippen MR) is 110 cm³/mol. The molecular weight excluding hydrogens is 364 g/mol. The molecule has 0 aromatic carbocycles. The van der Waals surface area contributed by atoms with Gasteiger partial charge in [0.15, 0.2) is 6.20 Å². The summed E-state index contributed by atoms with van der Waals surface area (Å²) in [7, 11) is 1.72. The van der Waals surface area contributed by atoms with Gasteiger partial charge in [-0.2, -0.15) is 0 Å². The van der Waals surface area contributed by atoms with E-state index in [0.29, 0.717) is 5.92 Å². The second-order valence-electron chi connectivity index (χ2n) is 5.87. The molecule has 0 unspecified atom stereocenters. The molecular formula is C19H25N4OS2+. The fourth-order valence-electron chi connectivity index (χ4n) is 2.78. The molecule has 0 saturated heterocycles. The van der Waals surface area contributed by atoms with Crippen molar-refractivity contribution in [3.05, 3.63) is 30.4 Å². The van der Waals surface area contributed by atoms with E-state index >= 15 is 0 Å². The van der Waals surface area contributed by atoms with Crippen molar-refractivity contribution in [3.8, 4) is 11.3 Å². The Morgan fingerprint density at radius 3 is 2.85 bits per heavy atom. The number of aromatic amines is 1. The third kappa shape index (κ3) is 4.00. The Balaban J connectivity index is 0.000000948. The summed E-state index contributed by atoms with van der Waals surface area (Å²) in [5.41, 5.74) is 10.7. The highest BCUT2D eigenvalue weighted by Crippen LogP contribution is 2.49. The van der Waals surface area contributed by atoms with Gasteiger partial charge in [0.05, 0.1) is 27.8 Å². The van der Waals surface area contributed by atoms with Crippen molar-refractivity contribution >= 4 is 39.0 Å². The topological polar surface area (TPSA) is 75.2 Å². The molecule has 1 aliphatic rings. The molecule has 5 nitrogen and oxygen atoms in total. The quantitative estimate of drug-likeness (QED) is 0.500. The van der Waals surface area contributed by atoms with Crippen molar-refractivity contribution < 1.29 is 9.72 Å². The number of hydrogen-bond acceptors (Lipinski definition) is 6. The van der Waals surface area contributed by atoms with Crippen molar-refractivity contribution in [2.75, 3.05) is 25.2 Å². The molecule has 1 aliphatic carbocycles. The Morgan fingerprint density at radius 2 is 2.19 bits per heavy atom. The third-order valence-corrected chi connectivity index (χ3v) is 6.48. The molecule has 26 heavy (non-hydrogen) atoms. The summed E-state index contributed by atoms with van der Waals surface area (Å²) in [5, 5.41) is 1.15. The van der Waals surface area contributed by atoms with Gasteiger partial charge in [-0.05, 0) is 30.4 Å². The second-order valence-corrected chi connectivity index (χ2v) is 8.23. The first-order valence-electron chi connectivity index (χ1n) is 8.94. The zero-order valence-corrected chi connectivity index (χ0v) is 17.0. The lowest BCUT2D eigenvalue weighted by Crippen LogP contribution is -2.02. The average Bonchev–Trinajstić information content (AvgIpc) is 3.49. The van der Waals surface area contributed by atoms with Crippen LogP contribution in [-0.2, 0) is 4.74 Å². The number of nitrogens with one attached hydrogen (secondary N) is 1. The minimum absolute atomic E-state index is 0.614. The minimum Gasteiger partial charge on any atom is -0.397 e. The molecule has 0 spiro atoms. The third-order valence-electron chi connectivity index (χ3n) is 4.13. The lowest BCUT2D eigenvalue weighted by atomic mass is 10.0. The van der Waals surface area contributed by atoms with Gasteiger partial charge < -0.3 is 10.5 Å². The van der Waals surface area contributed by atoms with Gasteiger partial charge in [-0.3, -0.25) is 0 Å². The number of nitrogens with zero attached hydrogens (tertiary/aromatic N) is 2. The molecule has 1 saturated carbocycles. The molecule has 0 aliphatic heterocycles. The van der Waals surface area contributed by atoms with Crippen LogP contribution in [0.2, 0.25) is 0 Å². The monoisotopic (exact) mass is 389 g/mol. The van der Waals surface area contributed by atoms with Crippen LogP contribution in [0.4, 0.5) is 5.69 Å². The van der Waals surface area contributed by atoms with Gasteiger partial charge in [0.1, 0.15) is 11.0 Å². The molecule has 0 amide bonds. The molecule has 0 bridgehead atoms. The number of thiophene rings is 1. The minimum atomic E-state index is 0.614. The number of aromatic nitrogens is 3. The highest BCUT2D eigenvalue weighted by atomic mass is 32.2. The van der Waals surface area contributed by atoms with Gasteiger partial charge in [0, 0.05) is 18.2 Å². The van der Waals surface area contributed by atoms with Gasteiger partial charge >= 0.3 is 0 Å². The normalized spacial score (nSPS) is 13.5. The Labute approximate surface area is 162 Å². The molecule has 3 N–H and O–H groups in total. The number of ether oxygens (including phenoxy) is 1. The van der Waals surface area contributed by atoms with Crippen LogP contribution in [0.25, 0.3) is 21.5 Å². The van der Waals surface area contributed by atoms with Crippen molar-refractivity contribution in [3.63, 3.8) is 0 Å². The predicted octanol–water partition coefficient (Wildman–Crippen LogP) is 4.40. The van der Waals surface area contributed by atoms with E-state index in [1.54, 1.807) is 36.5 Å². The second kappa shape index (κ2) is 8.79. The molecule has 3 heterocycles. The number of hydrogen-bond donors (Lipinski definition) is 1. The smallest absolute Gasteiger partial charge is 0.283 e.